The third kappa shape index (κ3) is 1.53. The quantitative estimate of drug-likeness (QED) is 0.690. The molecule has 1 aromatic rings. The maximum atomic E-state index is 6.04. The number of rotatable bonds is 1. The third-order valence-electron chi connectivity index (χ3n) is 2.02. The molecule has 14 heavy (non-hydrogen) atoms. The molecule has 1 aromatic carbocycles. The van der Waals surface area contributed by atoms with Crippen molar-refractivity contribution in [2.45, 2.75) is 0 Å². The van der Waals surface area contributed by atoms with Crippen LogP contribution < -0.4 is 0 Å². The molecule has 0 N–H and O–H groups in total. The van der Waals surface area contributed by atoms with Gasteiger partial charge in [0.15, 0.2) is 0 Å². The Morgan fingerprint density at radius 3 is 2.71 bits per heavy atom. The summed E-state index contributed by atoms with van der Waals surface area (Å²) in [5.41, 5.74) is 3.05. The lowest BCUT2D eigenvalue weighted by Gasteiger charge is -2.07. The van der Waals surface area contributed by atoms with Crippen molar-refractivity contribution in [1.29, 1.82) is 0 Å². The number of hydrogen-bond donors (Lipinski definition) is 0. The van der Waals surface area contributed by atoms with E-state index >= 15 is 0 Å². The number of aliphatic imine (C=N–C) groups is 1. The van der Waals surface area contributed by atoms with Crippen LogP contribution in [0.3, 0.4) is 0 Å². The van der Waals surface area contributed by atoms with Crippen LogP contribution in [0, 0.1) is 0 Å². The molecule has 0 aromatic heterocycles. The first-order valence-corrected chi connectivity index (χ1v) is 4.78. The molecule has 2 rings (SSSR count). The van der Waals surface area contributed by atoms with Gasteiger partial charge in [0.1, 0.15) is 5.17 Å². The Hall–Kier alpha value is -1.28. The standard InChI is InChI=1S/C11H11ClN2/c1-14(2)7-9-8-5-3-4-6-10(8)13-11(9)12/h3-7H,1-2H3. The van der Waals surface area contributed by atoms with Crippen LogP contribution in [0.25, 0.3) is 5.57 Å². The average Bonchev–Trinajstić information content (AvgIpc) is 2.43. The summed E-state index contributed by atoms with van der Waals surface area (Å²) in [5.74, 6) is 0. The number of para-hydroxylation sites is 1. The van der Waals surface area contributed by atoms with Gasteiger partial charge in [-0.25, -0.2) is 4.99 Å². The van der Waals surface area contributed by atoms with E-state index in [1.54, 1.807) is 0 Å². The summed E-state index contributed by atoms with van der Waals surface area (Å²) in [6, 6.07) is 7.95. The van der Waals surface area contributed by atoms with Crippen molar-refractivity contribution in [3.8, 4) is 0 Å². The van der Waals surface area contributed by atoms with Crippen LogP contribution in [0.2, 0.25) is 0 Å². The van der Waals surface area contributed by atoms with Crippen LogP contribution in [-0.2, 0) is 0 Å². The fourth-order valence-electron chi connectivity index (χ4n) is 1.46. The van der Waals surface area contributed by atoms with Gasteiger partial charge in [0, 0.05) is 31.4 Å². The lowest BCUT2D eigenvalue weighted by Crippen LogP contribution is -2.03. The summed E-state index contributed by atoms with van der Waals surface area (Å²) in [6.45, 7) is 0. The number of benzene rings is 1. The van der Waals surface area contributed by atoms with E-state index in [2.05, 4.69) is 4.99 Å². The zero-order valence-corrected chi connectivity index (χ0v) is 8.92. The number of nitrogens with zero attached hydrogens (tertiary/aromatic N) is 2. The monoisotopic (exact) mass is 206 g/mol. The summed E-state index contributed by atoms with van der Waals surface area (Å²) in [4.78, 5) is 6.24. The van der Waals surface area contributed by atoms with E-state index in [0.717, 1.165) is 16.8 Å². The van der Waals surface area contributed by atoms with Gasteiger partial charge in [-0.2, -0.15) is 0 Å². The van der Waals surface area contributed by atoms with E-state index in [1.807, 2.05) is 49.5 Å². The highest BCUT2D eigenvalue weighted by molar-refractivity contribution is 6.77. The van der Waals surface area contributed by atoms with Crippen molar-refractivity contribution in [3.63, 3.8) is 0 Å². The fraction of sp³-hybridized carbons (Fsp3) is 0.182. The maximum Gasteiger partial charge on any atom is 0.139 e. The predicted octanol–water partition coefficient (Wildman–Crippen LogP) is 2.87. The minimum Gasteiger partial charge on any atom is -0.383 e. The van der Waals surface area contributed by atoms with Crippen LogP contribution in [-0.4, -0.2) is 24.2 Å². The van der Waals surface area contributed by atoms with E-state index in [-0.39, 0.29) is 0 Å². The van der Waals surface area contributed by atoms with Gasteiger partial charge >= 0.3 is 0 Å². The second-order valence-corrected chi connectivity index (χ2v) is 3.78. The van der Waals surface area contributed by atoms with E-state index < -0.39 is 0 Å². The molecule has 2 nitrogen and oxygen atoms in total. The number of fused-ring (bicyclic) bond motifs is 1. The molecule has 0 amide bonds. The first-order valence-electron chi connectivity index (χ1n) is 4.40. The third-order valence-corrected chi connectivity index (χ3v) is 2.31. The van der Waals surface area contributed by atoms with E-state index in [0.29, 0.717) is 5.17 Å². The molecule has 0 spiro atoms. The van der Waals surface area contributed by atoms with Gasteiger partial charge in [0.2, 0.25) is 0 Å². The Kier molecular flexibility index (Phi) is 2.30. The topological polar surface area (TPSA) is 15.6 Å². The molecule has 1 aliphatic heterocycles. The summed E-state index contributed by atoms with van der Waals surface area (Å²) in [7, 11) is 3.94. The van der Waals surface area contributed by atoms with Crippen LogP contribution >= 0.6 is 11.6 Å². The first-order chi connectivity index (χ1) is 6.68. The Labute approximate surface area is 88.5 Å². The zero-order chi connectivity index (χ0) is 10.1. The molecule has 0 unspecified atom stereocenters. The van der Waals surface area contributed by atoms with Crippen molar-refractivity contribution >= 4 is 28.0 Å². The largest absolute Gasteiger partial charge is 0.383 e. The smallest absolute Gasteiger partial charge is 0.139 e. The van der Waals surface area contributed by atoms with Gasteiger partial charge in [-0.3, -0.25) is 0 Å². The van der Waals surface area contributed by atoms with Crippen molar-refractivity contribution in [3.05, 3.63) is 36.0 Å². The molecule has 1 heterocycles. The van der Waals surface area contributed by atoms with Crippen molar-refractivity contribution < 1.29 is 0 Å². The highest BCUT2D eigenvalue weighted by atomic mass is 35.5. The molecule has 3 heteroatoms. The van der Waals surface area contributed by atoms with Gasteiger partial charge in [0.25, 0.3) is 0 Å². The molecule has 1 aliphatic rings. The van der Waals surface area contributed by atoms with Crippen LogP contribution in [0.4, 0.5) is 5.69 Å². The zero-order valence-electron chi connectivity index (χ0n) is 8.16. The normalized spacial score (nSPS) is 16.8. The second kappa shape index (κ2) is 3.46. The lowest BCUT2D eigenvalue weighted by molar-refractivity contribution is 0.566. The molecule has 0 saturated carbocycles. The summed E-state index contributed by atoms with van der Waals surface area (Å²) in [6.07, 6.45) is 1.98. The van der Waals surface area contributed by atoms with Crippen molar-refractivity contribution in [2.24, 2.45) is 4.99 Å². The SMILES string of the molecule is CN(C)C=C1C(Cl)=Nc2ccccc21. The fourth-order valence-corrected chi connectivity index (χ4v) is 1.70. The molecule has 72 valence electrons. The van der Waals surface area contributed by atoms with Gasteiger partial charge in [-0.05, 0) is 6.07 Å². The molecule has 0 bridgehead atoms. The van der Waals surface area contributed by atoms with Gasteiger partial charge in [-0.1, -0.05) is 29.8 Å². The predicted molar refractivity (Wildman–Crippen MR) is 61.1 cm³/mol. The van der Waals surface area contributed by atoms with Crippen LogP contribution in [0.15, 0.2) is 35.5 Å². The van der Waals surface area contributed by atoms with Gasteiger partial charge < -0.3 is 4.90 Å². The lowest BCUT2D eigenvalue weighted by atomic mass is 10.1. The molecule has 0 atom stereocenters. The molecule has 0 saturated heterocycles. The summed E-state index contributed by atoms with van der Waals surface area (Å²) < 4.78 is 0. The van der Waals surface area contributed by atoms with Crippen LogP contribution in [0.1, 0.15) is 5.56 Å². The van der Waals surface area contributed by atoms with Gasteiger partial charge in [0.05, 0.1) is 5.69 Å². The summed E-state index contributed by atoms with van der Waals surface area (Å²) in [5, 5.41) is 0.569. The minimum atomic E-state index is 0.569. The number of halogens is 1. The molecular weight excluding hydrogens is 196 g/mol. The first kappa shape index (κ1) is 9.28. The minimum absolute atomic E-state index is 0.569. The highest BCUT2D eigenvalue weighted by Crippen LogP contribution is 2.35. The van der Waals surface area contributed by atoms with Crippen LogP contribution in [0.5, 0.6) is 0 Å². The molecular formula is C11H11ClN2. The Bertz CT molecular complexity index is 419. The van der Waals surface area contributed by atoms with E-state index in [4.69, 9.17) is 11.6 Å². The van der Waals surface area contributed by atoms with E-state index in [9.17, 15) is 0 Å². The molecule has 0 aliphatic carbocycles. The van der Waals surface area contributed by atoms with Crippen molar-refractivity contribution in [1.82, 2.24) is 4.90 Å². The van der Waals surface area contributed by atoms with Crippen molar-refractivity contribution in [2.75, 3.05) is 14.1 Å². The second-order valence-electron chi connectivity index (χ2n) is 3.43. The average molecular weight is 207 g/mol. The Morgan fingerprint density at radius 1 is 1.29 bits per heavy atom. The molecule has 0 fully saturated rings. The summed E-state index contributed by atoms with van der Waals surface area (Å²) >= 11 is 6.04. The maximum absolute atomic E-state index is 6.04. The van der Waals surface area contributed by atoms with E-state index in [1.165, 1.54) is 0 Å². The molecule has 0 radical (unpaired) electrons. The Morgan fingerprint density at radius 2 is 2.00 bits per heavy atom. The number of allylic oxidation sites excluding steroid dienone is 1. The van der Waals surface area contributed by atoms with Gasteiger partial charge in [-0.15, -0.1) is 0 Å². The highest BCUT2D eigenvalue weighted by Gasteiger charge is 2.18. The Balaban J connectivity index is 2.52. The number of hydrogen-bond acceptors (Lipinski definition) is 2.